The van der Waals surface area contributed by atoms with Gasteiger partial charge in [-0.3, -0.25) is 9.59 Å². The summed E-state index contributed by atoms with van der Waals surface area (Å²) < 4.78 is 1.99. The van der Waals surface area contributed by atoms with Crippen LogP contribution in [-0.4, -0.2) is 27.2 Å². The van der Waals surface area contributed by atoms with Gasteiger partial charge in [0, 0.05) is 6.54 Å². The Labute approximate surface area is 140 Å². The third-order valence-electron chi connectivity index (χ3n) is 3.23. The molecular formula is C15H16N4O2S2. The second-order valence-corrected chi connectivity index (χ2v) is 7.20. The number of thiophene rings is 1. The van der Waals surface area contributed by atoms with Crippen LogP contribution >= 0.6 is 22.7 Å². The number of aromatic nitrogens is 3. The van der Waals surface area contributed by atoms with Gasteiger partial charge in [0.05, 0.1) is 14.6 Å². The Morgan fingerprint density at radius 1 is 1.43 bits per heavy atom. The maximum Gasteiger partial charge on any atom is 0.294 e. The zero-order valence-electron chi connectivity index (χ0n) is 12.8. The minimum atomic E-state index is -0.323. The number of amides is 1. The number of thiazole rings is 1. The van der Waals surface area contributed by atoms with E-state index in [0.717, 1.165) is 21.0 Å². The summed E-state index contributed by atoms with van der Waals surface area (Å²) in [6, 6.07) is 3.89. The van der Waals surface area contributed by atoms with Gasteiger partial charge in [0.25, 0.3) is 5.56 Å². The minimum Gasteiger partial charge on any atom is -0.355 e. The zero-order chi connectivity index (χ0) is 16.4. The van der Waals surface area contributed by atoms with Crippen LogP contribution in [0.2, 0.25) is 0 Å². The van der Waals surface area contributed by atoms with E-state index in [9.17, 15) is 9.59 Å². The standard InChI is InChI=1S/C15H16N4O2S2/c1-3-6-16-11(20)8-19-15(21)13-14(23-9(2)17-13)12(18-19)10-5-4-7-22-10/h4-5,7H,3,6,8H2,1-2H3,(H,16,20). The molecule has 0 unspecified atom stereocenters. The highest BCUT2D eigenvalue weighted by molar-refractivity contribution is 7.20. The molecule has 23 heavy (non-hydrogen) atoms. The first kappa shape index (κ1) is 15.8. The molecule has 0 aliphatic rings. The van der Waals surface area contributed by atoms with Crippen molar-refractivity contribution < 1.29 is 4.79 Å². The quantitative estimate of drug-likeness (QED) is 0.768. The van der Waals surface area contributed by atoms with Crippen molar-refractivity contribution in [3.63, 3.8) is 0 Å². The number of rotatable bonds is 5. The van der Waals surface area contributed by atoms with Crippen molar-refractivity contribution in [2.45, 2.75) is 26.8 Å². The number of hydrogen-bond acceptors (Lipinski definition) is 6. The van der Waals surface area contributed by atoms with E-state index in [1.807, 2.05) is 31.4 Å². The van der Waals surface area contributed by atoms with Crippen LogP contribution in [0.1, 0.15) is 18.4 Å². The molecule has 1 N–H and O–H groups in total. The number of aryl methyl sites for hydroxylation is 1. The summed E-state index contributed by atoms with van der Waals surface area (Å²) in [5.41, 5.74) is 0.772. The molecule has 120 valence electrons. The van der Waals surface area contributed by atoms with Crippen molar-refractivity contribution in [2.75, 3.05) is 6.54 Å². The van der Waals surface area contributed by atoms with Crippen molar-refractivity contribution in [3.05, 3.63) is 32.9 Å². The molecule has 3 aromatic rings. The topological polar surface area (TPSA) is 76.9 Å². The molecule has 0 saturated carbocycles. The Bertz CT molecular complexity index is 896. The molecule has 6 nitrogen and oxygen atoms in total. The number of carbonyl (C=O) groups is 1. The Kier molecular flexibility index (Phi) is 4.53. The summed E-state index contributed by atoms with van der Waals surface area (Å²) in [4.78, 5) is 29.8. The predicted molar refractivity (Wildman–Crippen MR) is 93.0 cm³/mol. The van der Waals surface area contributed by atoms with Crippen molar-refractivity contribution in [1.82, 2.24) is 20.1 Å². The lowest BCUT2D eigenvalue weighted by molar-refractivity contribution is -0.121. The highest BCUT2D eigenvalue weighted by atomic mass is 32.1. The van der Waals surface area contributed by atoms with Crippen LogP contribution in [0, 0.1) is 6.92 Å². The summed E-state index contributed by atoms with van der Waals surface area (Å²) in [6.45, 7) is 4.33. The number of carbonyl (C=O) groups excluding carboxylic acids is 1. The van der Waals surface area contributed by atoms with E-state index in [1.165, 1.54) is 16.0 Å². The van der Waals surface area contributed by atoms with Gasteiger partial charge < -0.3 is 5.32 Å². The molecule has 0 spiro atoms. The van der Waals surface area contributed by atoms with Crippen molar-refractivity contribution >= 4 is 38.8 Å². The van der Waals surface area contributed by atoms with E-state index in [2.05, 4.69) is 15.4 Å². The summed E-state index contributed by atoms with van der Waals surface area (Å²) in [6.07, 6.45) is 0.846. The highest BCUT2D eigenvalue weighted by Gasteiger charge is 2.18. The summed E-state index contributed by atoms with van der Waals surface area (Å²) in [5, 5.41) is 9.96. The maximum atomic E-state index is 12.5. The van der Waals surface area contributed by atoms with Gasteiger partial charge in [0.2, 0.25) is 5.91 Å². The molecule has 3 aromatic heterocycles. The SMILES string of the molecule is CCCNC(=O)Cn1nc(-c2cccs2)c2sc(C)nc2c1=O. The number of hydrogen-bond donors (Lipinski definition) is 1. The van der Waals surface area contributed by atoms with Crippen LogP contribution in [0.25, 0.3) is 20.8 Å². The lowest BCUT2D eigenvalue weighted by Crippen LogP contribution is -2.34. The summed E-state index contributed by atoms with van der Waals surface area (Å²) >= 11 is 3.00. The number of nitrogens with zero attached hydrogens (tertiary/aromatic N) is 3. The van der Waals surface area contributed by atoms with Crippen molar-refractivity contribution in [2.24, 2.45) is 0 Å². The van der Waals surface area contributed by atoms with Crippen LogP contribution < -0.4 is 10.9 Å². The van der Waals surface area contributed by atoms with E-state index in [4.69, 9.17) is 0 Å². The molecule has 3 rings (SSSR count). The van der Waals surface area contributed by atoms with Crippen LogP contribution in [0.15, 0.2) is 22.3 Å². The van der Waals surface area contributed by atoms with Crippen LogP contribution in [0.3, 0.4) is 0 Å². The van der Waals surface area contributed by atoms with Gasteiger partial charge in [-0.15, -0.1) is 22.7 Å². The first-order valence-electron chi connectivity index (χ1n) is 7.29. The van der Waals surface area contributed by atoms with Crippen LogP contribution in [0.5, 0.6) is 0 Å². The molecule has 8 heteroatoms. The molecule has 0 aliphatic carbocycles. The second kappa shape index (κ2) is 6.59. The van der Waals surface area contributed by atoms with Crippen LogP contribution in [-0.2, 0) is 11.3 Å². The third kappa shape index (κ3) is 3.18. The fourth-order valence-corrected chi connectivity index (χ4v) is 3.89. The molecule has 1 amide bonds. The largest absolute Gasteiger partial charge is 0.355 e. The Balaban J connectivity index is 2.10. The first-order chi connectivity index (χ1) is 11.1. The Morgan fingerprint density at radius 2 is 2.26 bits per heavy atom. The first-order valence-corrected chi connectivity index (χ1v) is 8.98. The Morgan fingerprint density at radius 3 is 2.96 bits per heavy atom. The molecule has 0 aliphatic heterocycles. The van der Waals surface area contributed by atoms with E-state index in [1.54, 1.807) is 11.3 Å². The Hall–Kier alpha value is -2.06. The van der Waals surface area contributed by atoms with E-state index in [-0.39, 0.29) is 18.0 Å². The van der Waals surface area contributed by atoms with Gasteiger partial charge in [-0.1, -0.05) is 13.0 Å². The molecule has 0 atom stereocenters. The monoisotopic (exact) mass is 348 g/mol. The fourth-order valence-electron chi connectivity index (χ4n) is 2.20. The van der Waals surface area contributed by atoms with E-state index < -0.39 is 0 Å². The second-order valence-electron chi connectivity index (χ2n) is 5.05. The van der Waals surface area contributed by atoms with Gasteiger partial charge in [0.15, 0.2) is 5.52 Å². The lowest BCUT2D eigenvalue weighted by atomic mass is 10.3. The average Bonchev–Trinajstić information content (AvgIpc) is 3.17. The average molecular weight is 348 g/mol. The van der Waals surface area contributed by atoms with Gasteiger partial charge in [-0.25, -0.2) is 9.67 Å². The normalized spacial score (nSPS) is 11.0. The molecule has 0 aromatic carbocycles. The van der Waals surface area contributed by atoms with Crippen molar-refractivity contribution in [1.29, 1.82) is 0 Å². The highest BCUT2D eigenvalue weighted by Crippen LogP contribution is 2.31. The molecule has 0 fully saturated rings. The molecule has 0 radical (unpaired) electrons. The summed E-state index contributed by atoms with van der Waals surface area (Å²) in [7, 11) is 0. The molecule has 0 bridgehead atoms. The zero-order valence-corrected chi connectivity index (χ0v) is 14.5. The number of fused-ring (bicyclic) bond motifs is 1. The third-order valence-corrected chi connectivity index (χ3v) is 5.08. The molecule has 3 heterocycles. The lowest BCUT2D eigenvalue weighted by Gasteiger charge is -2.07. The van der Waals surface area contributed by atoms with Gasteiger partial charge in [-0.2, -0.15) is 5.10 Å². The fraction of sp³-hybridized carbons (Fsp3) is 0.333. The van der Waals surface area contributed by atoms with Crippen molar-refractivity contribution in [3.8, 4) is 10.6 Å². The van der Waals surface area contributed by atoms with Gasteiger partial charge in [0.1, 0.15) is 12.2 Å². The van der Waals surface area contributed by atoms with E-state index in [0.29, 0.717) is 17.8 Å². The van der Waals surface area contributed by atoms with E-state index >= 15 is 0 Å². The summed E-state index contributed by atoms with van der Waals surface area (Å²) in [5.74, 6) is -0.218. The smallest absolute Gasteiger partial charge is 0.294 e. The van der Waals surface area contributed by atoms with Gasteiger partial charge >= 0.3 is 0 Å². The maximum absolute atomic E-state index is 12.5. The molecule has 0 saturated heterocycles. The van der Waals surface area contributed by atoms with Gasteiger partial charge in [-0.05, 0) is 24.8 Å². The minimum absolute atomic E-state index is 0.0935. The van der Waals surface area contributed by atoms with Crippen LogP contribution in [0.4, 0.5) is 0 Å². The molecular weight excluding hydrogens is 332 g/mol. The predicted octanol–water partition coefficient (Wildman–Crippen LogP) is 2.42. The number of nitrogens with one attached hydrogen (secondary N) is 1.